The largest absolute Gasteiger partial charge is 0.493 e. The van der Waals surface area contributed by atoms with Gasteiger partial charge in [-0.3, -0.25) is 4.79 Å². The first-order valence-corrected chi connectivity index (χ1v) is 7.06. The smallest absolute Gasteiger partial charge is 0.161 e. The summed E-state index contributed by atoms with van der Waals surface area (Å²) >= 11 is 3.38. The fourth-order valence-corrected chi connectivity index (χ4v) is 2.39. The van der Waals surface area contributed by atoms with Crippen LogP contribution in [-0.4, -0.2) is 20.5 Å². The minimum absolute atomic E-state index is 0.323. The van der Waals surface area contributed by atoms with Gasteiger partial charge in [-0.05, 0) is 45.8 Å². The first-order chi connectivity index (χ1) is 10.2. The molecule has 0 atom stereocenters. The number of rotatable bonds is 6. The highest BCUT2D eigenvalue weighted by Gasteiger charge is 2.09. The predicted octanol–water partition coefficient (Wildman–Crippen LogP) is 3.86. The van der Waals surface area contributed by atoms with Gasteiger partial charge in [0.25, 0.3) is 0 Å². The van der Waals surface area contributed by atoms with Gasteiger partial charge in [0.2, 0.25) is 0 Å². The molecular formula is C16H15BrO4. The SMILES string of the molecule is COc1ccc(COc2c(Br)cccc2C=O)cc1OC. The molecule has 0 radical (unpaired) electrons. The van der Waals surface area contributed by atoms with Gasteiger partial charge in [0.1, 0.15) is 12.4 Å². The van der Waals surface area contributed by atoms with Crippen LogP contribution in [0.25, 0.3) is 0 Å². The average molecular weight is 351 g/mol. The third kappa shape index (κ3) is 3.55. The molecular weight excluding hydrogens is 336 g/mol. The van der Waals surface area contributed by atoms with E-state index < -0.39 is 0 Å². The molecule has 0 aliphatic carbocycles. The molecule has 0 bridgehead atoms. The van der Waals surface area contributed by atoms with Crippen LogP contribution in [0.3, 0.4) is 0 Å². The summed E-state index contributed by atoms with van der Waals surface area (Å²) in [5, 5.41) is 0. The number of aldehydes is 1. The topological polar surface area (TPSA) is 44.8 Å². The Labute approximate surface area is 131 Å². The second kappa shape index (κ2) is 7.13. The van der Waals surface area contributed by atoms with Gasteiger partial charge < -0.3 is 14.2 Å². The fraction of sp³-hybridized carbons (Fsp3) is 0.188. The zero-order chi connectivity index (χ0) is 15.2. The summed E-state index contributed by atoms with van der Waals surface area (Å²) in [6.07, 6.45) is 0.773. The molecule has 2 rings (SSSR count). The van der Waals surface area contributed by atoms with E-state index in [1.165, 1.54) is 0 Å². The van der Waals surface area contributed by atoms with E-state index >= 15 is 0 Å². The molecule has 2 aromatic carbocycles. The Kier molecular flexibility index (Phi) is 5.22. The van der Waals surface area contributed by atoms with Crippen LogP contribution in [0, 0.1) is 0 Å². The summed E-state index contributed by atoms with van der Waals surface area (Å²) in [6, 6.07) is 10.9. The quantitative estimate of drug-likeness (QED) is 0.742. The maximum atomic E-state index is 11.0. The molecule has 0 amide bonds. The van der Waals surface area contributed by atoms with Gasteiger partial charge in [0.05, 0.1) is 24.3 Å². The van der Waals surface area contributed by atoms with Crippen molar-refractivity contribution in [1.82, 2.24) is 0 Å². The molecule has 0 fully saturated rings. The molecule has 0 unspecified atom stereocenters. The van der Waals surface area contributed by atoms with Gasteiger partial charge in [0.15, 0.2) is 17.8 Å². The Balaban J connectivity index is 2.19. The van der Waals surface area contributed by atoms with Gasteiger partial charge >= 0.3 is 0 Å². The number of methoxy groups -OCH3 is 2. The first-order valence-electron chi connectivity index (χ1n) is 6.27. The Morgan fingerprint density at radius 2 is 1.86 bits per heavy atom. The molecule has 0 aromatic heterocycles. The van der Waals surface area contributed by atoms with Crippen LogP contribution in [0.1, 0.15) is 15.9 Å². The van der Waals surface area contributed by atoms with Crippen molar-refractivity contribution in [3.63, 3.8) is 0 Å². The molecule has 0 aliphatic rings. The standard InChI is InChI=1S/C16H15BrO4/c1-19-14-7-6-11(8-15(14)20-2)10-21-16-12(9-18)4-3-5-13(16)17/h3-9H,10H2,1-2H3. The lowest BCUT2D eigenvalue weighted by Gasteiger charge is -2.12. The number of ether oxygens (including phenoxy) is 3. The second-order valence-corrected chi connectivity index (χ2v) is 5.11. The van der Waals surface area contributed by atoms with Gasteiger partial charge in [0, 0.05) is 0 Å². The van der Waals surface area contributed by atoms with E-state index in [1.807, 2.05) is 24.3 Å². The number of carbonyl (C=O) groups is 1. The summed E-state index contributed by atoms with van der Waals surface area (Å²) in [4.78, 5) is 11.0. The Morgan fingerprint density at radius 3 is 2.52 bits per heavy atom. The molecule has 4 nitrogen and oxygen atoms in total. The predicted molar refractivity (Wildman–Crippen MR) is 83.4 cm³/mol. The van der Waals surface area contributed by atoms with Crippen LogP contribution < -0.4 is 14.2 Å². The van der Waals surface area contributed by atoms with Crippen LogP contribution in [0.5, 0.6) is 17.2 Å². The maximum Gasteiger partial charge on any atom is 0.161 e. The van der Waals surface area contributed by atoms with Crippen LogP contribution in [-0.2, 0) is 6.61 Å². The summed E-state index contributed by atoms with van der Waals surface area (Å²) in [6.45, 7) is 0.323. The molecule has 0 saturated heterocycles. The van der Waals surface area contributed by atoms with Crippen molar-refractivity contribution in [3.8, 4) is 17.2 Å². The highest BCUT2D eigenvalue weighted by atomic mass is 79.9. The van der Waals surface area contributed by atoms with Crippen LogP contribution in [0.2, 0.25) is 0 Å². The fourth-order valence-electron chi connectivity index (χ4n) is 1.90. The monoisotopic (exact) mass is 350 g/mol. The normalized spacial score (nSPS) is 10.0. The van der Waals surface area contributed by atoms with Crippen molar-refractivity contribution in [2.75, 3.05) is 14.2 Å². The van der Waals surface area contributed by atoms with Crippen molar-refractivity contribution < 1.29 is 19.0 Å². The lowest BCUT2D eigenvalue weighted by atomic mass is 10.2. The number of hydrogen-bond donors (Lipinski definition) is 0. The van der Waals surface area contributed by atoms with E-state index in [4.69, 9.17) is 14.2 Å². The van der Waals surface area contributed by atoms with E-state index in [1.54, 1.807) is 26.4 Å². The van der Waals surface area contributed by atoms with Crippen molar-refractivity contribution in [3.05, 3.63) is 52.0 Å². The van der Waals surface area contributed by atoms with Gasteiger partial charge in [-0.15, -0.1) is 0 Å². The number of carbonyl (C=O) groups excluding carboxylic acids is 1. The molecule has 110 valence electrons. The Morgan fingerprint density at radius 1 is 1.10 bits per heavy atom. The third-order valence-corrected chi connectivity index (χ3v) is 3.58. The van der Waals surface area contributed by atoms with Gasteiger partial charge in [-0.2, -0.15) is 0 Å². The summed E-state index contributed by atoms with van der Waals surface area (Å²) in [5.41, 5.74) is 1.42. The number of hydrogen-bond acceptors (Lipinski definition) is 4. The minimum Gasteiger partial charge on any atom is -0.493 e. The summed E-state index contributed by atoms with van der Waals surface area (Å²) < 4.78 is 16.9. The van der Waals surface area contributed by atoms with Crippen LogP contribution in [0.15, 0.2) is 40.9 Å². The van der Waals surface area contributed by atoms with Gasteiger partial charge in [-0.1, -0.05) is 12.1 Å². The Bertz CT molecular complexity index is 640. The van der Waals surface area contributed by atoms with Crippen LogP contribution >= 0.6 is 15.9 Å². The molecule has 2 aromatic rings. The highest BCUT2D eigenvalue weighted by Crippen LogP contribution is 2.31. The second-order valence-electron chi connectivity index (χ2n) is 4.25. The molecule has 5 heteroatoms. The van der Waals surface area contributed by atoms with Crippen molar-refractivity contribution in [2.45, 2.75) is 6.61 Å². The lowest BCUT2D eigenvalue weighted by molar-refractivity contribution is 0.111. The number of benzene rings is 2. The van der Waals surface area contributed by atoms with Crippen LogP contribution in [0.4, 0.5) is 0 Å². The van der Waals surface area contributed by atoms with E-state index in [0.29, 0.717) is 29.4 Å². The van der Waals surface area contributed by atoms with Crippen molar-refractivity contribution in [2.24, 2.45) is 0 Å². The average Bonchev–Trinajstić information content (AvgIpc) is 2.53. The highest BCUT2D eigenvalue weighted by molar-refractivity contribution is 9.10. The number of para-hydroxylation sites is 1. The zero-order valence-corrected chi connectivity index (χ0v) is 13.3. The van der Waals surface area contributed by atoms with Crippen molar-refractivity contribution >= 4 is 22.2 Å². The molecule has 21 heavy (non-hydrogen) atoms. The number of halogens is 1. The lowest BCUT2D eigenvalue weighted by Crippen LogP contribution is -2.00. The van der Waals surface area contributed by atoms with E-state index in [9.17, 15) is 4.79 Å². The minimum atomic E-state index is 0.323. The maximum absolute atomic E-state index is 11.0. The summed E-state index contributed by atoms with van der Waals surface area (Å²) in [5.74, 6) is 1.83. The first kappa shape index (κ1) is 15.4. The summed E-state index contributed by atoms with van der Waals surface area (Å²) in [7, 11) is 3.17. The zero-order valence-electron chi connectivity index (χ0n) is 11.8. The van der Waals surface area contributed by atoms with E-state index in [2.05, 4.69) is 15.9 Å². The molecule has 0 aliphatic heterocycles. The molecule has 0 N–H and O–H groups in total. The molecule has 0 spiro atoms. The molecule has 0 heterocycles. The van der Waals surface area contributed by atoms with Gasteiger partial charge in [-0.25, -0.2) is 0 Å². The molecule has 0 saturated carbocycles. The Hall–Kier alpha value is -2.01. The van der Waals surface area contributed by atoms with E-state index in [-0.39, 0.29) is 0 Å². The van der Waals surface area contributed by atoms with E-state index in [0.717, 1.165) is 16.3 Å². The van der Waals surface area contributed by atoms with Crippen molar-refractivity contribution in [1.29, 1.82) is 0 Å². The third-order valence-electron chi connectivity index (χ3n) is 2.96.